The normalized spacial score (nSPS) is 14.5. The number of anilines is 1. The highest BCUT2D eigenvalue weighted by atomic mass is 32.2. The summed E-state index contributed by atoms with van der Waals surface area (Å²) >= 11 is 1.64. The zero-order valence-electron chi connectivity index (χ0n) is 19.3. The summed E-state index contributed by atoms with van der Waals surface area (Å²) in [6, 6.07) is 15.8. The van der Waals surface area contributed by atoms with Gasteiger partial charge in [-0.25, -0.2) is 4.79 Å². The number of fused-ring (bicyclic) bond motifs is 1. The van der Waals surface area contributed by atoms with Gasteiger partial charge in [-0.3, -0.25) is 4.57 Å². The van der Waals surface area contributed by atoms with Crippen LogP contribution in [0, 0.1) is 0 Å². The van der Waals surface area contributed by atoms with E-state index in [1.807, 2.05) is 48.5 Å². The molecule has 178 valence electrons. The fourth-order valence-corrected chi connectivity index (χ4v) is 5.55. The molecule has 1 aliphatic rings. The standard InChI is InChI=1S/C25H29N5O3S/c1-32-20-11-7-8-18(16-20)26-17-23-27-28-24(30(23)19-9-3-2-4-10-19)34-15-14-29-21-12-5-6-13-22(21)33-25(29)31/h5-8,11-13,16,19,26H,2-4,9-10,14-15,17H2,1H3. The number of benzene rings is 2. The highest BCUT2D eigenvalue weighted by Gasteiger charge is 2.23. The van der Waals surface area contributed by atoms with Gasteiger partial charge >= 0.3 is 5.76 Å². The van der Waals surface area contributed by atoms with Gasteiger partial charge in [0, 0.05) is 30.1 Å². The first-order valence-corrected chi connectivity index (χ1v) is 12.7. The molecule has 1 fully saturated rings. The van der Waals surface area contributed by atoms with Crippen molar-refractivity contribution in [2.24, 2.45) is 0 Å². The topological polar surface area (TPSA) is 87.1 Å². The smallest absolute Gasteiger partial charge is 0.419 e. The van der Waals surface area contributed by atoms with Crippen molar-refractivity contribution >= 4 is 28.5 Å². The first-order chi connectivity index (χ1) is 16.7. The van der Waals surface area contributed by atoms with Crippen molar-refractivity contribution < 1.29 is 9.15 Å². The molecule has 2 aromatic heterocycles. The molecular weight excluding hydrogens is 450 g/mol. The molecule has 1 saturated carbocycles. The molecule has 5 rings (SSSR count). The van der Waals surface area contributed by atoms with Crippen LogP contribution in [0.5, 0.6) is 5.75 Å². The molecule has 0 bridgehead atoms. The third-order valence-corrected chi connectivity index (χ3v) is 7.24. The van der Waals surface area contributed by atoms with E-state index in [-0.39, 0.29) is 5.76 Å². The number of nitrogens with zero attached hydrogens (tertiary/aromatic N) is 4. The largest absolute Gasteiger partial charge is 0.497 e. The van der Waals surface area contributed by atoms with E-state index in [1.165, 1.54) is 19.3 Å². The summed E-state index contributed by atoms with van der Waals surface area (Å²) in [5, 5.41) is 13.5. The number of aromatic nitrogens is 4. The number of hydrogen-bond acceptors (Lipinski definition) is 7. The molecular formula is C25H29N5O3S. The van der Waals surface area contributed by atoms with Crippen LogP contribution < -0.4 is 15.8 Å². The molecule has 4 aromatic rings. The number of para-hydroxylation sites is 2. The van der Waals surface area contributed by atoms with Gasteiger partial charge in [-0.2, -0.15) is 0 Å². The average molecular weight is 480 g/mol. The Hall–Kier alpha value is -3.20. The van der Waals surface area contributed by atoms with Crippen LogP contribution in [0.15, 0.2) is 62.9 Å². The predicted octanol–water partition coefficient (Wildman–Crippen LogP) is 5.10. The van der Waals surface area contributed by atoms with Crippen molar-refractivity contribution in [2.45, 2.75) is 56.4 Å². The summed E-state index contributed by atoms with van der Waals surface area (Å²) in [7, 11) is 1.67. The molecule has 9 heteroatoms. The van der Waals surface area contributed by atoms with E-state index in [0.717, 1.165) is 40.8 Å². The molecule has 8 nitrogen and oxygen atoms in total. The van der Waals surface area contributed by atoms with Crippen LogP contribution in [-0.2, 0) is 13.1 Å². The molecule has 2 heterocycles. The molecule has 0 amide bonds. The van der Waals surface area contributed by atoms with Crippen LogP contribution in [0.25, 0.3) is 11.1 Å². The van der Waals surface area contributed by atoms with Gasteiger partial charge in [-0.15, -0.1) is 10.2 Å². The first-order valence-electron chi connectivity index (χ1n) is 11.8. The molecule has 0 aliphatic heterocycles. The zero-order valence-corrected chi connectivity index (χ0v) is 20.1. The maximum atomic E-state index is 12.3. The zero-order chi connectivity index (χ0) is 23.3. The highest BCUT2D eigenvalue weighted by Crippen LogP contribution is 2.33. The van der Waals surface area contributed by atoms with Crippen molar-refractivity contribution in [3.05, 3.63) is 64.9 Å². The van der Waals surface area contributed by atoms with Crippen LogP contribution >= 0.6 is 11.8 Å². The summed E-state index contributed by atoms with van der Waals surface area (Å²) < 4.78 is 14.7. The number of aryl methyl sites for hydroxylation is 1. The van der Waals surface area contributed by atoms with Gasteiger partial charge in [0.2, 0.25) is 0 Å². The average Bonchev–Trinajstić information content (AvgIpc) is 3.43. The van der Waals surface area contributed by atoms with E-state index >= 15 is 0 Å². The van der Waals surface area contributed by atoms with Crippen LogP contribution in [0.2, 0.25) is 0 Å². The predicted molar refractivity (Wildman–Crippen MR) is 134 cm³/mol. The van der Waals surface area contributed by atoms with Crippen LogP contribution in [0.1, 0.15) is 44.0 Å². The van der Waals surface area contributed by atoms with Gasteiger partial charge in [0.05, 0.1) is 19.2 Å². The van der Waals surface area contributed by atoms with Gasteiger partial charge in [0.15, 0.2) is 16.6 Å². The Morgan fingerprint density at radius 1 is 1.12 bits per heavy atom. The lowest BCUT2D eigenvalue weighted by molar-refractivity contribution is 0.330. The summed E-state index contributed by atoms with van der Waals surface area (Å²) in [6.07, 6.45) is 6.03. The minimum absolute atomic E-state index is 0.321. The quantitative estimate of drug-likeness (QED) is 0.334. The van der Waals surface area contributed by atoms with Gasteiger partial charge in [0.1, 0.15) is 5.75 Å². The van der Waals surface area contributed by atoms with Gasteiger partial charge in [-0.1, -0.05) is 49.2 Å². The van der Waals surface area contributed by atoms with Crippen molar-refractivity contribution in [3.8, 4) is 5.75 Å². The Labute approximate surface area is 202 Å². The molecule has 0 saturated heterocycles. The van der Waals surface area contributed by atoms with E-state index in [0.29, 0.717) is 30.5 Å². The maximum absolute atomic E-state index is 12.3. The number of rotatable bonds is 9. The van der Waals surface area contributed by atoms with E-state index in [2.05, 4.69) is 20.1 Å². The minimum atomic E-state index is -0.321. The molecule has 1 aliphatic carbocycles. The maximum Gasteiger partial charge on any atom is 0.419 e. The highest BCUT2D eigenvalue weighted by molar-refractivity contribution is 7.99. The van der Waals surface area contributed by atoms with Crippen molar-refractivity contribution in [2.75, 3.05) is 18.2 Å². The summed E-state index contributed by atoms with van der Waals surface area (Å²) in [4.78, 5) is 12.3. The second-order valence-corrected chi connectivity index (χ2v) is 9.54. The molecule has 34 heavy (non-hydrogen) atoms. The number of hydrogen-bond donors (Lipinski definition) is 1. The third-order valence-electron chi connectivity index (χ3n) is 6.32. The second kappa shape index (κ2) is 10.4. The van der Waals surface area contributed by atoms with Crippen molar-refractivity contribution in [1.29, 1.82) is 0 Å². The minimum Gasteiger partial charge on any atom is -0.497 e. The molecule has 1 N–H and O–H groups in total. The third kappa shape index (κ3) is 4.84. The number of thioether (sulfide) groups is 1. The van der Waals surface area contributed by atoms with E-state index in [9.17, 15) is 4.79 Å². The van der Waals surface area contributed by atoms with Crippen LogP contribution in [0.3, 0.4) is 0 Å². The summed E-state index contributed by atoms with van der Waals surface area (Å²) in [5.74, 6) is 2.14. The second-order valence-electron chi connectivity index (χ2n) is 8.48. The van der Waals surface area contributed by atoms with Gasteiger partial charge < -0.3 is 19.0 Å². The summed E-state index contributed by atoms with van der Waals surface area (Å²) in [5.41, 5.74) is 2.43. The van der Waals surface area contributed by atoms with Gasteiger partial charge in [-0.05, 0) is 37.1 Å². The fourth-order valence-electron chi connectivity index (χ4n) is 4.60. The van der Waals surface area contributed by atoms with Crippen LogP contribution in [-0.4, -0.2) is 32.2 Å². The Kier molecular flexibility index (Phi) is 6.89. The number of methoxy groups -OCH3 is 1. The number of ether oxygens (including phenoxy) is 1. The Morgan fingerprint density at radius 3 is 2.82 bits per heavy atom. The molecule has 2 aromatic carbocycles. The van der Waals surface area contributed by atoms with Gasteiger partial charge in [0.25, 0.3) is 0 Å². The van der Waals surface area contributed by atoms with Crippen molar-refractivity contribution in [1.82, 2.24) is 19.3 Å². The Balaban J connectivity index is 1.32. The van der Waals surface area contributed by atoms with Crippen LogP contribution in [0.4, 0.5) is 5.69 Å². The Morgan fingerprint density at radius 2 is 1.97 bits per heavy atom. The number of oxazole rings is 1. The van der Waals surface area contributed by atoms with E-state index < -0.39 is 0 Å². The van der Waals surface area contributed by atoms with E-state index in [1.54, 1.807) is 23.4 Å². The Bertz CT molecular complexity index is 1310. The summed E-state index contributed by atoms with van der Waals surface area (Å²) in [6.45, 7) is 1.14. The lowest BCUT2D eigenvalue weighted by Crippen LogP contribution is -2.19. The lowest BCUT2D eigenvalue weighted by atomic mass is 9.95. The molecule has 0 spiro atoms. The number of nitrogens with one attached hydrogen (secondary N) is 1. The molecule has 0 atom stereocenters. The fraction of sp³-hybridized carbons (Fsp3) is 0.400. The first kappa shape index (κ1) is 22.6. The molecule has 0 radical (unpaired) electrons. The molecule has 0 unspecified atom stereocenters. The van der Waals surface area contributed by atoms with Crippen molar-refractivity contribution in [3.63, 3.8) is 0 Å². The monoisotopic (exact) mass is 479 g/mol. The SMILES string of the molecule is COc1cccc(NCc2nnc(SCCn3c(=O)oc4ccccc43)n2C2CCCCC2)c1. The lowest BCUT2D eigenvalue weighted by Gasteiger charge is -2.25. The van der Waals surface area contributed by atoms with E-state index in [4.69, 9.17) is 9.15 Å².